The maximum Gasteiger partial charge on any atom is 0.215 e. The molecule has 3 nitrogen and oxygen atoms in total. The first kappa shape index (κ1) is 14.3. The van der Waals surface area contributed by atoms with Crippen molar-refractivity contribution in [3.63, 3.8) is 0 Å². The van der Waals surface area contributed by atoms with E-state index in [9.17, 15) is 0 Å². The molecule has 3 rings (SSSR count). The van der Waals surface area contributed by atoms with Gasteiger partial charge in [-0.25, -0.2) is 0 Å². The van der Waals surface area contributed by atoms with Crippen LogP contribution in [0.2, 0.25) is 0 Å². The van der Waals surface area contributed by atoms with Crippen LogP contribution in [0.1, 0.15) is 30.5 Å². The minimum Gasteiger partial charge on any atom is -0.342 e. The fourth-order valence-electron chi connectivity index (χ4n) is 2.78. The van der Waals surface area contributed by atoms with Gasteiger partial charge < -0.3 is 15.2 Å². The van der Waals surface area contributed by atoms with Crippen LogP contribution in [-0.2, 0) is 15.3 Å². The van der Waals surface area contributed by atoms with Crippen molar-refractivity contribution < 1.29 is 9.47 Å². The van der Waals surface area contributed by atoms with E-state index in [1.807, 2.05) is 60.7 Å². The van der Waals surface area contributed by atoms with E-state index >= 15 is 0 Å². The topological polar surface area (TPSA) is 44.5 Å². The van der Waals surface area contributed by atoms with Crippen LogP contribution in [0.15, 0.2) is 60.7 Å². The molecule has 21 heavy (non-hydrogen) atoms. The van der Waals surface area contributed by atoms with Crippen LogP contribution in [0.3, 0.4) is 0 Å². The summed E-state index contributed by atoms with van der Waals surface area (Å²) in [6.07, 6.45) is 0.996. The van der Waals surface area contributed by atoms with E-state index in [0.717, 1.165) is 17.5 Å². The zero-order valence-electron chi connectivity index (χ0n) is 12.2. The highest BCUT2D eigenvalue weighted by Crippen LogP contribution is 2.43. The predicted octanol–water partition coefficient (Wildman–Crippen LogP) is 3.36. The van der Waals surface area contributed by atoms with E-state index in [1.165, 1.54) is 0 Å². The van der Waals surface area contributed by atoms with Crippen molar-refractivity contribution in [3.8, 4) is 0 Å². The lowest BCUT2D eigenvalue weighted by Crippen LogP contribution is -2.40. The van der Waals surface area contributed by atoms with E-state index in [4.69, 9.17) is 15.2 Å². The first-order chi connectivity index (χ1) is 10.3. The fraction of sp³-hybridized carbons (Fsp3) is 0.333. The molecular formula is C18H21NO2. The number of ether oxygens (including phenoxy) is 2. The van der Waals surface area contributed by atoms with Gasteiger partial charge in [-0.05, 0) is 12.0 Å². The van der Waals surface area contributed by atoms with Crippen LogP contribution in [0.4, 0.5) is 0 Å². The summed E-state index contributed by atoms with van der Waals surface area (Å²) in [5.74, 6) is -0.900. The summed E-state index contributed by atoms with van der Waals surface area (Å²) in [6, 6.07) is 19.6. The van der Waals surface area contributed by atoms with Gasteiger partial charge in [0.1, 0.15) is 0 Å². The Morgan fingerprint density at radius 3 is 2.29 bits per heavy atom. The molecule has 0 spiro atoms. The second-order valence-corrected chi connectivity index (χ2v) is 5.38. The predicted molar refractivity (Wildman–Crippen MR) is 82.6 cm³/mol. The third kappa shape index (κ3) is 2.60. The average molecular weight is 283 g/mol. The Morgan fingerprint density at radius 1 is 1.10 bits per heavy atom. The second-order valence-electron chi connectivity index (χ2n) is 5.38. The van der Waals surface area contributed by atoms with Crippen molar-refractivity contribution in [3.05, 3.63) is 71.8 Å². The summed E-state index contributed by atoms with van der Waals surface area (Å²) in [7, 11) is 0. The van der Waals surface area contributed by atoms with E-state index in [-0.39, 0.29) is 12.1 Å². The van der Waals surface area contributed by atoms with Gasteiger partial charge in [-0.1, -0.05) is 67.6 Å². The maximum absolute atomic E-state index is 6.53. The molecule has 3 heteroatoms. The van der Waals surface area contributed by atoms with Crippen LogP contribution in [0.5, 0.6) is 0 Å². The molecule has 1 aliphatic heterocycles. The van der Waals surface area contributed by atoms with Crippen LogP contribution in [-0.4, -0.2) is 12.7 Å². The summed E-state index contributed by atoms with van der Waals surface area (Å²) < 4.78 is 12.4. The molecular weight excluding hydrogens is 262 g/mol. The molecule has 2 N–H and O–H groups in total. The molecule has 2 aromatic rings. The summed E-state index contributed by atoms with van der Waals surface area (Å²) in [6.45, 7) is 2.68. The normalized spacial score (nSPS) is 26.7. The molecule has 0 aliphatic carbocycles. The van der Waals surface area contributed by atoms with Gasteiger partial charge in [0.2, 0.25) is 5.79 Å². The first-order valence-corrected chi connectivity index (χ1v) is 7.44. The number of benzene rings is 2. The van der Waals surface area contributed by atoms with Crippen molar-refractivity contribution in [2.45, 2.75) is 31.3 Å². The van der Waals surface area contributed by atoms with Crippen molar-refractivity contribution in [2.24, 2.45) is 5.73 Å². The van der Waals surface area contributed by atoms with Crippen molar-refractivity contribution in [2.75, 3.05) is 6.61 Å². The lowest BCUT2D eigenvalue weighted by Gasteiger charge is -2.34. The molecule has 0 bridgehead atoms. The molecule has 3 atom stereocenters. The average Bonchev–Trinajstić information content (AvgIpc) is 3.01. The van der Waals surface area contributed by atoms with Gasteiger partial charge in [0.15, 0.2) is 0 Å². The molecule has 1 saturated heterocycles. The summed E-state index contributed by atoms with van der Waals surface area (Å²) in [5.41, 5.74) is 8.52. The molecule has 0 amide bonds. The van der Waals surface area contributed by atoms with Crippen molar-refractivity contribution in [1.29, 1.82) is 0 Å². The van der Waals surface area contributed by atoms with Crippen LogP contribution in [0.25, 0.3) is 0 Å². The smallest absolute Gasteiger partial charge is 0.215 e. The molecule has 3 unspecified atom stereocenters. The summed E-state index contributed by atoms with van der Waals surface area (Å²) >= 11 is 0. The third-order valence-corrected chi connectivity index (χ3v) is 4.03. The number of hydrogen-bond acceptors (Lipinski definition) is 3. The molecule has 0 radical (unpaired) electrons. The highest BCUT2D eigenvalue weighted by molar-refractivity contribution is 5.29. The molecule has 2 aromatic carbocycles. The monoisotopic (exact) mass is 283 g/mol. The van der Waals surface area contributed by atoms with Gasteiger partial charge in [-0.15, -0.1) is 0 Å². The molecule has 1 heterocycles. The van der Waals surface area contributed by atoms with Crippen molar-refractivity contribution >= 4 is 0 Å². The van der Waals surface area contributed by atoms with E-state index in [0.29, 0.717) is 6.61 Å². The van der Waals surface area contributed by atoms with Crippen LogP contribution in [0, 0.1) is 0 Å². The molecule has 110 valence electrons. The Bertz CT molecular complexity index is 572. The Kier molecular flexibility index (Phi) is 4.06. The number of hydrogen-bond donors (Lipinski definition) is 1. The number of nitrogens with two attached hydrogens (primary N) is 1. The lowest BCUT2D eigenvalue weighted by molar-refractivity contribution is -0.194. The molecule has 0 saturated carbocycles. The Hall–Kier alpha value is -1.68. The molecule has 0 aromatic heterocycles. The Labute approximate surface area is 125 Å². The first-order valence-electron chi connectivity index (χ1n) is 7.44. The zero-order chi connectivity index (χ0) is 14.7. The van der Waals surface area contributed by atoms with Crippen molar-refractivity contribution in [1.82, 2.24) is 0 Å². The SMILES string of the molecule is CCC1COC(c2ccccc2)(C(N)c2ccccc2)O1. The molecule has 1 fully saturated rings. The molecule has 1 aliphatic rings. The summed E-state index contributed by atoms with van der Waals surface area (Å²) in [4.78, 5) is 0. The third-order valence-electron chi connectivity index (χ3n) is 4.03. The summed E-state index contributed by atoms with van der Waals surface area (Å²) in [5, 5.41) is 0. The van der Waals surface area contributed by atoms with Gasteiger partial charge in [-0.2, -0.15) is 0 Å². The number of rotatable bonds is 4. The highest BCUT2D eigenvalue weighted by atomic mass is 16.7. The van der Waals surface area contributed by atoms with E-state index in [1.54, 1.807) is 0 Å². The maximum atomic E-state index is 6.53. The standard InChI is InChI=1S/C18H21NO2/c1-2-16-13-20-18(21-16,15-11-7-4-8-12-15)17(19)14-9-5-3-6-10-14/h3-12,16-17H,2,13,19H2,1H3. The van der Waals surface area contributed by atoms with Gasteiger partial charge >= 0.3 is 0 Å². The van der Waals surface area contributed by atoms with Gasteiger partial charge in [0.05, 0.1) is 18.8 Å². The van der Waals surface area contributed by atoms with E-state index in [2.05, 4.69) is 6.92 Å². The Balaban J connectivity index is 2.01. The minimum atomic E-state index is -0.900. The quantitative estimate of drug-likeness (QED) is 0.935. The largest absolute Gasteiger partial charge is 0.342 e. The van der Waals surface area contributed by atoms with Gasteiger partial charge in [0, 0.05) is 5.56 Å². The zero-order valence-corrected chi connectivity index (χ0v) is 12.2. The highest BCUT2D eigenvalue weighted by Gasteiger charge is 2.48. The minimum absolute atomic E-state index is 0.0833. The fourth-order valence-corrected chi connectivity index (χ4v) is 2.78. The van der Waals surface area contributed by atoms with Crippen LogP contribution >= 0.6 is 0 Å². The lowest BCUT2D eigenvalue weighted by atomic mass is 9.92. The Morgan fingerprint density at radius 2 is 1.71 bits per heavy atom. The van der Waals surface area contributed by atoms with Gasteiger partial charge in [-0.3, -0.25) is 0 Å². The van der Waals surface area contributed by atoms with Gasteiger partial charge in [0.25, 0.3) is 0 Å². The van der Waals surface area contributed by atoms with E-state index < -0.39 is 5.79 Å². The second kappa shape index (κ2) is 5.98. The van der Waals surface area contributed by atoms with Crippen LogP contribution < -0.4 is 5.73 Å².